The number of rotatable bonds is 2. The molecular formula is C14H16N2O5. The lowest BCUT2D eigenvalue weighted by molar-refractivity contribution is -0.145. The highest BCUT2D eigenvalue weighted by atomic mass is 16.6. The van der Waals surface area contributed by atoms with Gasteiger partial charge in [0.05, 0.1) is 12.7 Å². The third kappa shape index (κ3) is 3.38. The summed E-state index contributed by atoms with van der Waals surface area (Å²) in [5, 5.41) is 0. The van der Waals surface area contributed by atoms with Crippen molar-refractivity contribution >= 4 is 18.0 Å². The summed E-state index contributed by atoms with van der Waals surface area (Å²) < 4.78 is 9.40. The van der Waals surface area contributed by atoms with Crippen LogP contribution in [0.15, 0.2) is 30.3 Å². The first-order chi connectivity index (χ1) is 10.0. The van der Waals surface area contributed by atoms with E-state index in [1.165, 1.54) is 19.2 Å². The zero-order chi connectivity index (χ0) is 15.4. The number of benzene rings is 1. The van der Waals surface area contributed by atoms with E-state index in [1.54, 1.807) is 18.2 Å². The molecule has 0 aliphatic carbocycles. The maximum atomic E-state index is 12.0. The molecule has 112 valence electrons. The molecule has 0 bridgehead atoms. The second-order valence-electron chi connectivity index (χ2n) is 4.71. The molecule has 1 aromatic carbocycles. The number of nitrogens with zero attached hydrogens (tertiary/aromatic N) is 1. The SMILES string of the molecule is COC(=O)[C@@H]1C[C@@H](N)CN1C(=O)OC(=O)c1ccccc1. The molecule has 0 saturated carbocycles. The van der Waals surface area contributed by atoms with Crippen molar-refractivity contribution in [2.75, 3.05) is 13.7 Å². The van der Waals surface area contributed by atoms with Crippen molar-refractivity contribution < 1.29 is 23.9 Å². The summed E-state index contributed by atoms with van der Waals surface area (Å²) in [6, 6.07) is 6.95. The Labute approximate surface area is 121 Å². The lowest BCUT2D eigenvalue weighted by Crippen LogP contribution is -2.42. The van der Waals surface area contributed by atoms with Gasteiger partial charge in [-0.15, -0.1) is 0 Å². The monoisotopic (exact) mass is 292 g/mol. The smallest absolute Gasteiger partial charge is 0.418 e. The second kappa shape index (κ2) is 6.36. The van der Waals surface area contributed by atoms with Crippen LogP contribution in [0.2, 0.25) is 0 Å². The zero-order valence-corrected chi connectivity index (χ0v) is 11.5. The van der Waals surface area contributed by atoms with Crippen LogP contribution in [0.25, 0.3) is 0 Å². The number of ether oxygens (including phenoxy) is 2. The summed E-state index contributed by atoms with van der Waals surface area (Å²) in [4.78, 5) is 36.6. The zero-order valence-electron chi connectivity index (χ0n) is 11.5. The molecule has 2 rings (SSSR count). The van der Waals surface area contributed by atoms with Crippen molar-refractivity contribution in [2.24, 2.45) is 5.73 Å². The van der Waals surface area contributed by atoms with Crippen molar-refractivity contribution in [3.05, 3.63) is 35.9 Å². The van der Waals surface area contributed by atoms with Crippen molar-refractivity contribution in [2.45, 2.75) is 18.5 Å². The fraction of sp³-hybridized carbons (Fsp3) is 0.357. The molecular weight excluding hydrogens is 276 g/mol. The Hall–Kier alpha value is -2.41. The van der Waals surface area contributed by atoms with Crippen molar-refractivity contribution in [1.82, 2.24) is 4.90 Å². The maximum absolute atomic E-state index is 12.0. The molecule has 1 aliphatic heterocycles. The van der Waals surface area contributed by atoms with E-state index in [2.05, 4.69) is 4.74 Å². The van der Waals surface area contributed by atoms with E-state index in [-0.39, 0.29) is 24.6 Å². The van der Waals surface area contributed by atoms with Crippen molar-refractivity contribution in [1.29, 1.82) is 0 Å². The molecule has 2 atom stereocenters. The van der Waals surface area contributed by atoms with Gasteiger partial charge in [-0.2, -0.15) is 0 Å². The highest BCUT2D eigenvalue weighted by molar-refractivity contribution is 5.97. The molecule has 1 amide bonds. The molecule has 1 saturated heterocycles. The van der Waals surface area contributed by atoms with Gasteiger partial charge >= 0.3 is 18.0 Å². The van der Waals surface area contributed by atoms with E-state index in [9.17, 15) is 14.4 Å². The van der Waals surface area contributed by atoms with E-state index < -0.39 is 24.1 Å². The van der Waals surface area contributed by atoms with Crippen LogP contribution in [0, 0.1) is 0 Å². The van der Waals surface area contributed by atoms with E-state index in [4.69, 9.17) is 10.5 Å². The molecule has 0 unspecified atom stereocenters. The minimum atomic E-state index is -0.896. The summed E-state index contributed by atoms with van der Waals surface area (Å²) in [7, 11) is 1.23. The van der Waals surface area contributed by atoms with Crippen LogP contribution < -0.4 is 5.73 Å². The van der Waals surface area contributed by atoms with Crippen molar-refractivity contribution in [3.63, 3.8) is 0 Å². The molecule has 2 N–H and O–H groups in total. The van der Waals surface area contributed by atoms with Gasteiger partial charge in [-0.25, -0.2) is 14.4 Å². The fourth-order valence-corrected chi connectivity index (χ4v) is 2.20. The largest absolute Gasteiger partial charge is 0.467 e. The minimum Gasteiger partial charge on any atom is -0.467 e. The van der Waals surface area contributed by atoms with Gasteiger partial charge in [0.1, 0.15) is 6.04 Å². The number of likely N-dealkylation sites (tertiary alicyclic amines) is 1. The molecule has 0 aromatic heterocycles. The average molecular weight is 292 g/mol. The summed E-state index contributed by atoms with van der Waals surface area (Å²) >= 11 is 0. The van der Waals surface area contributed by atoms with Gasteiger partial charge < -0.3 is 15.2 Å². The Bertz CT molecular complexity index is 546. The van der Waals surface area contributed by atoms with Gasteiger partial charge in [-0.05, 0) is 18.6 Å². The summed E-state index contributed by atoms with van der Waals surface area (Å²) in [5.41, 5.74) is 6.00. The van der Waals surface area contributed by atoms with E-state index in [1.807, 2.05) is 0 Å². The van der Waals surface area contributed by atoms with Crippen LogP contribution in [0.5, 0.6) is 0 Å². The highest BCUT2D eigenvalue weighted by Crippen LogP contribution is 2.19. The number of esters is 2. The Morgan fingerprint density at radius 3 is 2.52 bits per heavy atom. The number of hydrogen-bond acceptors (Lipinski definition) is 6. The average Bonchev–Trinajstić information content (AvgIpc) is 2.89. The topological polar surface area (TPSA) is 98.9 Å². The van der Waals surface area contributed by atoms with E-state index in [0.717, 1.165) is 4.90 Å². The van der Waals surface area contributed by atoms with Crippen LogP contribution in [0.4, 0.5) is 4.79 Å². The molecule has 1 fully saturated rings. The number of amides is 1. The first-order valence-corrected chi connectivity index (χ1v) is 6.44. The fourth-order valence-electron chi connectivity index (χ4n) is 2.20. The third-order valence-corrected chi connectivity index (χ3v) is 3.23. The Morgan fingerprint density at radius 2 is 1.90 bits per heavy atom. The molecule has 1 aromatic rings. The maximum Gasteiger partial charge on any atom is 0.418 e. The third-order valence-electron chi connectivity index (χ3n) is 3.23. The predicted molar refractivity (Wildman–Crippen MR) is 72.4 cm³/mol. The summed E-state index contributed by atoms with van der Waals surface area (Å²) in [6.07, 6.45) is -0.617. The Kier molecular flexibility index (Phi) is 4.54. The van der Waals surface area contributed by atoms with Gasteiger partial charge in [0, 0.05) is 12.6 Å². The molecule has 21 heavy (non-hydrogen) atoms. The molecule has 7 nitrogen and oxygen atoms in total. The van der Waals surface area contributed by atoms with Gasteiger partial charge in [-0.1, -0.05) is 18.2 Å². The van der Waals surface area contributed by atoms with Crippen molar-refractivity contribution in [3.8, 4) is 0 Å². The van der Waals surface area contributed by atoms with Gasteiger partial charge in [0.2, 0.25) is 0 Å². The number of methoxy groups -OCH3 is 1. The number of nitrogens with two attached hydrogens (primary N) is 1. The Balaban J connectivity index is 2.05. The normalized spacial score (nSPS) is 21.0. The lowest BCUT2D eigenvalue weighted by Gasteiger charge is -2.21. The summed E-state index contributed by atoms with van der Waals surface area (Å²) in [5.74, 6) is -1.35. The molecule has 7 heteroatoms. The van der Waals surface area contributed by atoms with Crippen LogP contribution in [-0.4, -0.2) is 48.7 Å². The molecule has 0 radical (unpaired) electrons. The molecule has 0 spiro atoms. The minimum absolute atomic E-state index is 0.140. The lowest BCUT2D eigenvalue weighted by atomic mass is 10.2. The van der Waals surface area contributed by atoms with Crippen LogP contribution in [0.3, 0.4) is 0 Å². The van der Waals surface area contributed by atoms with E-state index >= 15 is 0 Å². The highest BCUT2D eigenvalue weighted by Gasteiger charge is 2.40. The molecule has 1 heterocycles. The summed E-state index contributed by atoms with van der Waals surface area (Å²) in [6.45, 7) is 0.140. The number of carbonyl (C=O) groups is 3. The predicted octanol–water partition coefficient (Wildman–Crippen LogP) is 0.538. The number of carbonyl (C=O) groups excluding carboxylic acids is 3. The molecule has 1 aliphatic rings. The van der Waals surface area contributed by atoms with Crippen LogP contribution >= 0.6 is 0 Å². The number of hydrogen-bond donors (Lipinski definition) is 1. The van der Waals surface area contributed by atoms with Gasteiger partial charge in [-0.3, -0.25) is 4.90 Å². The van der Waals surface area contributed by atoms with E-state index in [0.29, 0.717) is 0 Å². The second-order valence-corrected chi connectivity index (χ2v) is 4.71. The van der Waals surface area contributed by atoms with Gasteiger partial charge in [0.15, 0.2) is 0 Å². The van der Waals surface area contributed by atoms with Crippen LogP contribution in [-0.2, 0) is 14.3 Å². The quantitative estimate of drug-likeness (QED) is 0.631. The first-order valence-electron chi connectivity index (χ1n) is 6.44. The first kappa shape index (κ1) is 15.0. The standard InChI is InChI=1S/C14H16N2O5/c1-20-13(18)11-7-10(15)8-16(11)14(19)21-12(17)9-5-3-2-4-6-9/h2-6,10-11H,7-8,15H2,1H3/t10-,11+/m1/s1. The van der Waals surface area contributed by atoms with Gasteiger partial charge in [0.25, 0.3) is 0 Å². The van der Waals surface area contributed by atoms with Crippen LogP contribution in [0.1, 0.15) is 16.8 Å². The Morgan fingerprint density at radius 1 is 1.24 bits per heavy atom.